The van der Waals surface area contributed by atoms with E-state index in [0.29, 0.717) is 19.3 Å². The van der Waals surface area contributed by atoms with Gasteiger partial charge in [-0.05, 0) is 48.3 Å². The number of esters is 2. The van der Waals surface area contributed by atoms with Crippen LogP contribution in [0.25, 0.3) is 6.08 Å². The van der Waals surface area contributed by atoms with Crippen molar-refractivity contribution in [2.75, 3.05) is 6.61 Å². The Bertz CT molecular complexity index is 1230. The molecule has 0 unspecified atom stereocenters. The molecular weight excluding hydrogens is 465 g/mol. The van der Waals surface area contributed by atoms with Crippen LogP contribution in [0.1, 0.15) is 38.7 Å². The molecule has 2 saturated carbocycles. The number of ketones is 1. The van der Waals surface area contributed by atoms with E-state index < -0.39 is 63.6 Å². The fourth-order valence-corrected chi connectivity index (χ4v) is 7.11. The first-order valence-electron chi connectivity index (χ1n) is 12.1. The van der Waals surface area contributed by atoms with Crippen LogP contribution in [0.2, 0.25) is 0 Å². The van der Waals surface area contributed by atoms with Gasteiger partial charge in [-0.15, -0.1) is 0 Å². The second-order valence-corrected chi connectivity index (χ2v) is 10.9. The van der Waals surface area contributed by atoms with E-state index in [2.05, 4.69) is 11.6 Å². The Balaban J connectivity index is 1.56. The molecule has 4 aliphatic rings. The number of aldehydes is 1. The van der Waals surface area contributed by atoms with Crippen molar-refractivity contribution < 1.29 is 33.0 Å². The Morgan fingerprint density at radius 2 is 2.08 bits per heavy atom. The van der Waals surface area contributed by atoms with Gasteiger partial charge in [0.15, 0.2) is 11.2 Å². The summed E-state index contributed by atoms with van der Waals surface area (Å²) in [6.07, 6.45) is 10.1. The minimum Gasteiger partial charge on any atom is -0.464 e. The maximum Gasteiger partial charge on any atom is 0.331 e. The fourth-order valence-electron chi connectivity index (χ4n) is 7.11. The molecule has 1 saturated heterocycles. The number of carbonyl (C=O) groups excluding carboxylic acids is 4. The number of hydrogen-bond acceptors (Lipinski definition) is 7. The molecule has 3 aliphatic carbocycles. The molecule has 0 N–H and O–H groups in total. The molecule has 2 spiro atoms. The molecular formula is C28H28FNO6. The van der Waals surface area contributed by atoms with E-state index in [1.165, 1.54) is 18.3 Å². The van der Waals surface area contributed by atoms with Crippen LogP contribution in [-0.2, 0) is 28.7 Å². The lowest BCUT2D eigenvalue weighted by molar-refractivity contribution is -0.215. The summed E-state index contributed by atoms with van der Waals surface area (Å²) < 4.78 is 25.4. The van der Waals surface area contributed by atoms with Crippen LogP contribution in [0.5, 0.6) is 0 Å². The maximum absolute atomic E-state index is 13.9. The Morgan fingerprint density at radius 3 is 2.81 bits per heavy atom. The Kier molecular flexibility index (Phi) is 5.61. The van der Waals surface area contributed by atoms with Crippen LogP contribution in [-0.4, -0.2) is 41.7 Å². The number of fused-ring (bicyclic) bond motifs is 2. The quantitative estimate of drug-likeness (QED) is 0.208. The number of pyridine rings is 1. The first-order valence-corrected chi connectivity index (χ1v) is 12.1. The zero-order valence-corrected chi connectivity index (χ0v) is 20.2. The van der Waals surface area contributed by atoms with Gasteiger partial charge in [-0.25, -0.2) is 9.18 Å². The van der Waals surface area contributed by atoms with Gasteiger partial charge >= 0.3 is 11.9 Å². The van der Waals surface area contributed by atoms with E-state index >= 15 is 0 Å². The number of aromatic nitrogens is 1. The zero-order chi connectivity index (χ0) is 25.9. The van der Waals surface area contributed by atoms with Crippen molar-refractivity contribution in [3.8, 4) is 0 Å². The third-order valence-corrected chi connectivity index (χ3v) is 8.76. The van der Waals surface area contributed by atoms with Crippen LogP contribution in [0.15, 0.2) is 48.8 Å². The molecule has 2 heterocycles. The van der Waals surface area contributed by atoms with Gasteiger partial charge in [-0.2, -0.15) is 0 Å². The molecule has 3 fully saturated rings. The van der Waals surface area contributed by atoms with E-state index in [-0.39, 0.29) is 17.7 Å². The SMILES string of the molecule is C=C1C(=O)[C@@]23C(=O)OC[C@]4(C=CCC(C)(C)[C@H]4C=O)[C@@H]2CC[C@@H]1[C@H]3OC(=O)/C=C/c1ccncc1F. The standard InChI is InChI=1S/C28H28FNO6/c1-16-18-6-7-20-27(11-4-10-26(2,3)21(27)14-31)15-35-25(34)28(20,23(16)33)24(18)36-22(32)8-5-17-9-12-30-13-19(17)29/h4-5,8-9,11-14,18,20-21,24H,1,6-7,10,15H2,2-3H3/b8-5+/t18-,20-,21+,24+,27+,28-/m0/s1. The van der Waals surface area contributed by atoms with E-state index in [1.807, 2.05) is 26.0 Å². The number of ether oxygens (including phenoxy) is 2. The fraction of sp³-hybridized carbons (Fsp3) is 0.464. The number of nitrogens with zero attached hydrogens (tertiary/aromatic N) is 1. The average molecular weight is 494 g/mol. The Morgan fingerprint density at radius 1 is 1.31 bits per heavy atom. The van der Waals surface area contributed by atoms with Crippen molar-refractivity contribution >= 4 is 30.1 Å². The smallest absolute Gasteiger partial charge is 0.331 e. The highest BCUT2D eigenvalue weighted by Gasteiger charge is 2.76. The lowest BCUT2D eigenvalue weighted by Crippen LogP contribution is -2.66. The number of rotatable bonds is 4. The minimum atomic E-state index is -1.78. The summed E-state index contributed by atoms with van der Waals surface area (Å²) >= 11 is 0. The highest BCUT2D eigenvalue weighted by atomic mass is 19.1. The number of halogens is 1. The maximum atomic E-state index is 13.9. The van der Waals surface area contributed by atoms with Gasteiger partial charge in [0.1, 0.15) is 24.8 Å². The van der Waals surface area contributed by atoms with Crippen LogP contribution in [0.4, 0.5) is 4.39 Å². The first-order chi connectivity index (χ1) is 17.1. The van der Waals surface area contributed by atoms with Crippen molar-refractivity contribution in [3.05, 3.63) is 60.2 Å². The molecule has 36 heavy (non-hydrogen) atoms. The summed E-state index contributed by atoms with van der Waals surface area (Å²) in [5, 5.41) is 0. The van der Waals surface area contributed by atoms with Gasteiger partial charge in [0.05, 0.1) is 6.20 Å². The minimum absolute atomic E-state index is 0.0199. The Labute approximate surface area is 208 Å². The van der Waals surface area contributed by atoms with Crippen molar-refractivity contribution in [2.45, 2.75) is 39.2 Å². The van der Waals surface area contributed by atoms with Crippen molar-refractivity contribution in [3.63, 3.8) is 0 Å². The van der Waals surface area contributed by atoms with Gasteiger partial charge < -0.3 is 14.3 Å². The molecule has 188 valence electrons. The van der Waals surface area contributed by atoms with E-state index in [4.69, 9.17) is 9.47 Å². The Hall–Kier alpha value is -3.42. The first kappa shape index (κ1) is 24.3. The monoisotopic (exact) mass is 493 g/mol. The highest BCUT2D eigenvalue weighted by molar-refractivity contribution is 6.16. The molecule has 8 heteroatoms. The zero-order valence-electron chi connectivity index (χ0n) is 20.2. The van der Waals surface area contributed by atoms with Crippen LogP contribution >= 0.6 is 0 Å². The van der Waals surface area contributed by atoms with Crippen LogP contribution in [0.3, 0.4) is 0 Å². The number of allylic oxidation sites excluding steroid dienone is 1. The largest absolute Gasteiger partial charge is 0.464 e. The molecule has 1 aromatic rings. The third kappa shape index (κ3) is 3.19. The molecule has 5 rings (SSSR count). The molecule has 1 aromatic heterocycles. The molecule has 7 nitrogen and oxygen atoms in total. The summed E-state index contributed by atoms with van der Waals surface area (Å²) in [6, 6.07) is 1.41. The van der Waals surface area contributed by atoms with Crippen LogP contribution < -0.4 is 0 Å². The highest BCUT2D eigenvalue weighted by Crippen LogP contribution is 2.67. The average Bonchev–Trinajstić information content (AvgIpc) is 2.95. The number of cyclic esters (lactones) is 1. The predicted octanol–water partition coefficient (Wildman–Crippen LogP) is 3.64. The summed E-state index contributed by atoms with van der Waals surface area (Å²) in [6.45, 7) is 7.91. The van der Waals surface area contributed by atoms with Gasteiger partial charge in [0.2, 0.25) is 0 Å². The van der Waals surface area contributed by atoms with Crippen molar-refractivity contribution in [1.29, 1.82) is 0 Å². The normalized spacial score (nSPS) is 36.6. The molecule has 0 aromatic carbocycles. The second-order valence-electron chi connectivity index (χ2n) is 10.9. The summed E-state index contributed by atoms with van der Waals surface area (Å²) in [7, 11) is 0. The van der Waals surface area contributed by atoms with Gasteiger partial charge in [-0.1, -0.05) is 32.6 Å². The summed E-state index contributed by atoms with van der Waals surface area (Å²) in [5.41, 5.74) is -2.72. The molecule has 6 atom stereocenters. The van der Waals surface area contributed by atoms with E-state index in [9.17, 15) is 23.6 Å². The van der Waals surface area contributed by atoms with Gasteiger partial charge in [0, 0.05) is 35.1 Å². The molecule has 1 aliphatic heterocycles. The summed E-state index contributed by atoms with van der Waals surface area (Å²) in [5.74, 6) is -4.29. The van der Waals surface area contributed by atoms with Crippen molar-refractivity contribution in [1.82, 2.24) is 4.98 Å². The van der Waals surface area contributed by atoms with Crippen LogP contribution in [0, 0.1) is 39.8 Å². The second kappa shape index (κ2) is 8.32. The number of hydrogen-bond donors (Lipinski definition) is 0. The number of carbonyl (C=O) groups is 4. The van der Waals surface area contributed by atoms with E-state index in [0.717, 1.165) is 18.6 Å². The van der Waals surface area contributed by atoms with E-state index in [1.54, 1.807) is 0 Å². The molecule has 2 bridgehead atoms. The van der Waals surface area contributed by atoms with Gasteiger partial charge in [-0.3, -0.25) is 14.6 Å². The van der Waals surface area contributed by atoms with Crippen molar-refractivity contribution in [2.24, 2.45) is 34.0 Å². The lowest BCUT2D eigenvalue weighted by atomic mass is 9.46. The third-order valence-electron chi connectivity index (χ3n) is 8.76. The lowest BCUT2D eigenvalue weighted by Gasteiger charge is -2.58. The summed E-state index contributed by atoms with van der Waals surface area (Å²) in [4.78, 5) is 56.3. The van der Waals surface area contributed by atoms with Gasteiger partial charge in [0.25, 0.3) is 0 Å². The molecule has 0 amide bonds. The molecule has 0 radical (unpaired) electrons. The predicted molar refractivity (Wildman–Crippen MR) is 126 cm³/mol. The number of Topliss-reactive ketones (excluding diaryl/α,β-unsaturated/α-hetero) is 1. The topological polar surface area (TPSA) is 99.6 Å².